The summed E-state index contributed by atoms with van der Waals surface area (Å²) in [4.78, 5) is 4.51. The summed E-state index contributed by atoms with van der Waals surface area (Å²) >= 11 is 0. The van der Waals surface area contributed by atoms with Crippen LogP contribution in [0.2, 0.25) is 0 Å². The second-order valence-corrected chi connectivity index (χ2v) is 3.98. The fourth-order valence-electron chi connectivity index (χ4n) is 1.98. The van der Waals surface area contributed by atoms with Gasteiger partial charge >= 0.3 is 0 Å². The van der Waals surface area contributed by atoms with E-state index in [1.807, 2.05) is 42.6 Å². The van der Waals surface area contributed by atoms with Crippen molar-refractivity contribution in [1.29, 1.82) is 0 Å². The SMILES string of the molecule is COc1ccccc1-c1nc2c(OC)cccn2n1. The standard InChI is InChI=1S/C14H13N3O2/c1-18-11-7-4-3-6-10(11)13-15-14-12(19-2)8-5-9-17(14)16-13/h3-9H,1-2H3. The average Bonchev–Trinajstić information content (AvgIpc) is 2.90. The molecule has 0 saturated carbocycles. The van der Waals surface area contributed by atoms with Crippen molar-refractivity contribution >= 4 is 5.65 Å². The third-order valence-corrected chi connectivity index (χ3v) is 2.89. The van der Waals surface area contributed by atoms with Crippen molar-refractivity contribution < 1.29 is 9.47 Å². The first-order valence-corrected chi connectivity index (χ1v) is 5.86. The van der Waals surface area contributed by atoms with Crippen molar-refractivity contribution in [2.75, 3.05) is 14.2 Å². The van der Waals surface area contributed by atoms with Gasteiger partial charge in [-0.2, -0.15) is 0 Å². The second kappa shape index (κ2) is 4.61. The van der Waals surface area contributed by atoms with Gasteiger partial charge in [-0.05, 0) is 24.3 Å². The molecule has 0 N–H and O–H groups in total. The number of pyridine rings is 1. The molecule has 0 unspecified atom stereocenters. The van der Waals surface area contributed by atoms with Gasteiger partial charge < -0.3 is 9.47 Å². The molecule has 0 aliphatic carbocycles. The van der Waals surface area contributed by atoms with Crippen molar-refractivity contribution in [1.82, 2.24) is 14.6 Å². The Morgan fingerprint density at radius 3 is 2.47 bits per heavy atom. The van der Waals surface area contributed by atoms with Crippen LogP contribution in [0.5, 0.6) is 11.5 Å². The van der Waals surface area contributed by atoms with Crippen LogP contribution in [0.1, 0.15) is 0 Å². The summed E-state index contributed by atoms with van der Waals surface area (Å²) in [5.41, 5.74) is 1.54. The minimum Gasteiger partial charge on any atom is -0.496 e. The van der Waals surface area contributed by atoms with Crippen molar-refractivity contribution in [2.45, 2.75) is 0 Å². The van der Waals surface area contributed by atoms with Crippen LogP contribution in [0.4, 0.5) is 0 Å². The molecule has 3 aromatic rings. The number of methoxy groups -OCH3 is 2. The Kier molecular flexibility index (Phi) is 2.79. The predicted octanol–water partition coefficient (Wildman–Crippen LogP) is 2.41. The number of ether oxygens (including phenoxy) is 2. The van der Waals surface area contributed by atoms with E-state index in [-0.39, 0.29) is 0 Å². The maximum absolute atomic E-state index is 5.33. The number of nitrogens with zero attached hydrogens (tertiary/aromatic N) is 3. The molecule has 19 heavy (non-hydrogen) atoms. The molecule has 0 atom stereocenters. The summed E-state index contributed by atoms with van der Waals surface area (Å²) in [5, 5.41) is 4.45. The molecule has 96 valence electrons. The van der Waals surface area contributed by atoms with E-state index in [0.29, 0.717) is 17.2 Å². The van der Waals surface area contributed by atoms with Crippen LogP contribution in [0.15, 0.2) is 42.6 Å². The first kappa shape index (κ1) is 11.5. The highest BCUT2D eigenvalue weighted by molar-refractivity contribution is 5.67. The molecule has 3 rings (SSSR count). The smallest absolute Gasteiger partial charge is 0.198 e. The molecule has 2 aromatic heterocycles. The summed E-state index contributed by atoms with van der Waals surface area (Å²) < 4.78 is 12.3. The molecule has 0 radical (unpaired) electrons. The Hall–Kier alpha value is -2.56. The molecule has 0 spiro atoms. The Morgan fingerprint density at radius 1 is 0.947 bits per heavy atom. The van der Waals surface area contributed by atoms with E-state index in [4.69, 9.17) is 9.47 Å². The fraction of sp³-hybridized carbons (Fsp3) is 0.143. The quantitative estimate of drug-likeness (QED) is 0.721. The zero-order valence-corrected chi connectivity index (χ0v) is 10.7. The maximum atomic E-state index is 5.33. The second-order valence-electron chi connectivity index (χ2n) is 3.98. The van der Waals surface area contributed by atoms with E-state index >= 15 is 0 Å². The van der Waals surface area contributed by atoms with Gasteiger partial charge in [0.25, 0.3) is 0 Å². The number of hydrogen-bond donors (Lipinski definition) is 0. The van der Waals surface area contributed by atoms with Crippen LogP contribution in [-0.4, -0.2) is 28.8 Å². The molecule has 1 aromatic carbocycles. The number of benzene rings is 1. The number of aromatic nitrogens is 3. The van der Waals surface area contributed by atoms with Gasteiger partial charge in [0.15, 0.2) is 17.2 Å². The van der Waals surface area contributed by atoms with Crippen molar-refractivity contribution in [3.8, 4) is 22.9 Å². The molecule has 5 heteroatoms. The van der Waals surface area contributed by atoms with Gasteiger partial charge in [-0.15, -0.1) is 5.10 Å². The van der Waals surface area contributed by atoms with Gasteiger partial charge in [-0.25, -0.2) is 9.50 Å². The lowest BCUT2D eigenvalue weighted by molar-refractivity contribution is 0.416. The molecule has 5 nitrogen and oxygen atoms in total. The maximum Gasteiger partial charge on any atom is 0.198 e. The summed E-state index contributed by atoms with van der Waals surface area (Å²) in [5.74, 6) is 2.05. The lowest BCUT2D eigenvalue weighted by Crippen LogP contribution is -1.90. The Bertz CT molecular complexity index is 722. The van der Waals surface area contributed by atoms with E-state index in [1.165, 1.54) is 0 Å². The van der Waals surface area contributed by atoms with Crippen molar-refractivity contribution in [3.63, 3.8) is 0 Å². The van der Waals surface area contributed by atoms with Crippen LogP contribution in [0, 0.1) is 0 Å². The zero-order chi connectivity index (χ0) is 13.2. The molecule has 0 amide bonds. The average molecular weight is 255 g/mol. The third kappa shape index (κ3) is 1.89. The van der Waals surface area contributed by atoms with Gasteiger partial charge in [0.05, 0.1) is 19.8 Å². The third-order valence-electron chi connectivity index (χ3n) is 2.89. The summed E-state index contributed by atoms with van der Waals surface area (Å²) in [6, 6.07) is 11.4. The molecule has 2 heterocycles. The fourth-order valence-corrected chi connectivity index (χ4v) is 1.98. The minimum absolute atomic E-state index is 0.613. The van der Waals surface area contributed by atoms with Gasteiger partial charge in [-0.3, -0.25) is 0 Å². The van der Waals surface area contributed by atoms with Gasteiger partial charge in [-0.1, -0.05) is 12.1 Å². The van der Waals surface area contributed by atoms with Crippen LogP contribution < -0.4 is 9.47 Å². The van der Waals surface area contributed by atoms with Crippen LogP contribution in [0.3, 0.4) is 0 Å². The topological polar surface area (TPSA) is 48.7 Å². The minimum atomic E-state index is 0.613. The highest BCUT2D eigenvalue weighted by Gasteiger charge is 2.13. The first-order chi connectivity index (χ1) is 9.33. The molecular formula is C14H13N3O2. The highest BCUT2D eigenvalue weighted by atomic mass is 16.5. The van der Waals surface area contributed by atoms with Gasteiger partial charge in [0.1, 0.15) is 5.75 Å². The number of fused-ring (bicyclic) bond motifs is 1. The van der Waals surface area contributed by atoms with Crippen LogP contribution in [-0.2, 0) is 0 Å². The molecule has 0 aliphatic rings. The van der Waals surface area contributed by atoms with E-state index in [1.54, 1.807) is 18.7 Å². The monoisotopic (exact) mass is 255 g/mol. The predicted molar refractivity (Wildman–Crippen MR) is 71.5 cm³/mol. The van der Waals surface area contributed by atoms with E-state index in [2.05, 4.69) is 10.1 Å². The van der Waals surface area contributed by atoms with Crippen molar-refractivity contribution in [3.05, 3.63) is 42.6 Å². The summed E-state index contributed by atoms with van der Waals surface area (Å²) in [7, 11) is 3.25. The normalized spacial score (nSPS) is 10.6. The Balaban J connectivity index is 2.21. The van der Waals surface area contributed by atoms with Crippen LogP contribution in [0.25, 0.3) is 17.0 Å². The van der Waals surface area contributed by atoms with E-state index < -0.39 is 0 Å². The van der Waals surface area contributed by atoms with E-state index in [9.17, 15) is 0 Å². The first-order valence-electron chi connectivity index (χ1n) is 5.86. The molecule has 0 bridgehead atoms. The van der Waals surface area contributed by atoms with Gasteiger partial charge in [0.2, 0.25) is 0 Å². The summed E-state index contributed by atoms with van der Waals surface area (Å²) in [6.45, 7) is 0. The Labute approximate surface area is 110 Å². The lowest BCUT2D eigenvalue weighted by Gasteiger charge is -2.03. The molecule has 0 saturated heterocycles. The Morgan fingerprint density at radius 2 is 1.68 bits per heavy atom. The zero-order valence-electron chi connectivity index (χ0n) is 10.7. The lowest BCUT2D eigenvalue weighted by atomic mass is 10.2. The van der Waals surface area contributed by atoms with Gasteiger partial charge in [0, 0.05) is 6.20 Å². The summed E-state index contributed by atoms with van der Waals surface area (Å²) in [6.07, 6.45) is 1.84. The van der Waals surface area contributed by atoms with Crippen LogP contribution >= 0.6 is 0 Å². The van der Waals surface area contributed by atoms with E-state index in [0.717, 1.165) is 11.3 Å². The largest absolute Gasteiger partial charge is 0.496 e. The number of para-hydroxylation sites is 1. The molecule has 0 aliphatic heterocycles. The number of rotatable bonds is 3. The number of hydrogen-bond acceptors (Lipinski definition) is 4. The molecule has 0 fully saturated rings. The van der Waals surface area contributed by atoms with Crippen molar-refractivity contribution in [2.24, 2.45) is 0 Å². The highest BCUT2D eigenvalue weighted by Crippen LogP contribution is 2.28. The molecular weight excluding hydrogens is 242 g/mol.